The SMILES string of the molecule is CC(CO)CCCNC(=O)c1c(O)cccc1O. The van der Waals surface area contributed by atoms with Crippen LogP contribution in [-0.2, 0) is 0 Å². The highest BCUT2D eigenvalue weighted by atomic mass is 16.3. The highest BCUT2D eigenvalue weighted by Crippen LogP contribution is 2.25. The number of phenolic OH excluding ortho intramolecular Hbond substituents is 2. The van der Waals surface area contributed by atoms with Gasteiger partial charge in [0.15, 0.2) is 0 Å². The predicted octanol–water partition coefficient (Wildman–Crippen LogP) is 1.24. The lowest BCUT2D eigenvalue weighted by molar-refractivity contribution is 0.0946. The van der Waals surface area contributed by atoms with E-state index >= 15 is 0 Å². The molecule has 0 spiro atoms. The molecule has 0 bridgehead atoms. The van der Waals surface area contributed by atoms with Gasteiger partial charge >= 0.3 is 0 Å². The fraction of sp³-hybridized carbons (Fsp3) is 0.462. The van der Waals surface area contributed by atoms with Crippen molar-refractivity contribution in [3.63, 3.8) is 0 Å². The number of phenols is 2. The van der Waals surface area contributed by atoms with Crippen LogP contribution in [0.4, 0.5) is 0 Å². The van der Waals surface area contributed by atoms with E-state index in [2.05, 4.69) is 5.32 Å². The Labute approximate surface area is 106 Å². The summed E-state index contributed by atoms with van der Waals surface area (Å²) in [6.07, 6.45) is 1.55. The molecule has 5 heteroatoms. The third kappa shape index (κ3) is 3.92. The molecule has 1 aromatic rings. The Morgan fingerprint density at radius 2 is 1.94 bits per heavy atom. The zero-order valence-electron chi connectivity index (χ0n) is 10.4. The molecule has 5 nitrogen and oxygen atoms in total. The largest absolute Gasteiger partial charge is 0.507 e. The van der Waals surface area contributed by atoms with E-state index in [9.17, 15) is 15.0 Å². The van der Waals surface area contributed by atoms with Crippen molar-refractivity contribution in [1.82, 2.24) is 5.32 Å². The van der Waals surface area contributed by atoms with E-state index in [1.165, 1.54) is 18.2 Å². The minimum absolute atomic E-state index is 0.104. The summed E-state index contributed by atoms with van der Waals surface area (Å²) in [5.41, 5.74) is -0.104. The molecule has 1 unspecified atom stereocenters. The highest BCUT2D eigenvalue weighted by Gasteiger charge is 2.15. The van der Waals surface area contributed by atoms with Crippen molar-refractivity contribution < 1.29 is 20.1 Å². The molecule has 18 heavy (non-hydrogen) atoms. The van der Waals surface area contributed by atoms with Crippen LogP contribution in [0.2, 0.25) is 0 Å². The number of benzene rings is 1. The zero-order chi connectivity index (χ0) is 13.5. The average molecular weight is 253 g/mol. The Balaban J connectivity index is 2.46. The van der Waals surface area contributed by atoms with Crippen molar-refractivity contribution in [2.45, 2.75) is 19.8 Å². The van der Waals surface area contributed by atoms with Crippen LogP contribution in [0.3, 0.4) is 0 Å². The maximum absolute atomic E-state index is 11.7. The summed E-state index contributed by atoms with van der Waals surface area (Å²) in [6, 6.07) is 4.16. The van der Waals surface area contributed by atoms with E-state index in [0.717, 1.165) is 12.8 Å². The summed E-state index contributed by atoms with van der Waals surface area (Å²) in [4.78, 5) is 11.7. The normalized spacial score (nSPS) is 12.1. The molecule has 1 aromatic carbocycles. The predicted molar refractivity (Wildman–Crippen MR) is 67.6 cm³/mol. The van der Waals surface area contributed by atoms with Gasteiger partial charge in [0.05, 0.1) is 0 Å². The molecule has 0 saturated heterocycles. The van der Waals surface area contributed by atoms with E-state index in [4.69, 9.17) is 5.11 Å². The van der Waals surface area contributed by atoms with E-state index in [1.807, 2.05) is 6.92 Å². The molecular formula is C13H19NO4. The topological polar surface area (TPSA) is 89.8 Å². The minimum Gasteiger partial charge on any atom is -0.507 e. The third-order valence-corrected chi connectivity index (χ3v) is 2.72. The summed E-state index contributed by atoms with van der Waals surface area (Å²) < 4.78 is 0. The van der Waals surface area contributed by atoms with Gasteiger partial charge < -0.3 is 20.6 Å². The molecule has 0 heterocycles. The molecule has 0 fully saturated rings. The molecule has 4 N–H and O–H groups in total. The molecular weight excluding hydrogens is 234 g/mol. The van der Waals surface area contributed by atoms with Crippen molar-refractivity contribution >= 4 is 5.91 Å². The van der Waals surface area contributed by atoms with Crippen molar-refractivity contribution in [3.05, 3.63) is 23.8 Å². The third-order valence-electron chi connectivity index (χ3n) is 2.72. The number of aliphatic hydroxyl groups excluding tert-OH is 1. The van der Waals surface area contributed by atoms with E-state index in [-0.39, 0.29) is 29.6 Å². The Bertz CT molecular complexity index is 386. The fourth-order valence-corrected chi connectivity index (χ4v) is 1.59. The number of hydrogen-bond donors (Lipinski definition) is 4. The van der Waals surface area contributed by atoms with Crippen LogP contribution < -0.4 is 5.32 Å². The van der Waals surface area contributed by atoms with Gasteiger partial charge in [0.25, 0.3) is 5.91 Å². The molecule has 0 aliphatic carbocycles. The maximum atomic E-state index is 11.7. The van der Waals surface area contributed by atoms with E-state index in [0.29, 0.717) is 6.54 Å². The number of hydrogen-bond acceptors (Lipinski definition) is 4. The molecule has 0 aliphatic heterocycles. The lowest BCUT2D eigenvalue weighted by Gasteiger charge is -2.10. The number of aromatic hydroxyl groups is 2. The molecule has 0 aliphatic rings. The van der Waals surface area contributed by atoms with Crippen LogP contribution in [0.1, 0.15) is 30.1 Å². The van der Waals surface area contributed by atoms with Gasteiger partial charge in [-0.05, 0) is 30.9 Å². The van der Waals surface area contributed by atoms with Crippen LogP contribution in [0.25, 0.3) is 0 Å². The number of carbonyl (C=O) groups is 1. The summed E-state index contributed by atoms with van der Waals surface area (Å²) in [5.74, 6) is -0.768. The summed E-state index contributed by atoms with van der Waals surface area (Å²) in [5, 5.41) is 30.4. The molecule has 1 amide bonds. The van der Waals surface area contributed by atoms with Crippen molar-refractivity contribution in [3.8, 4) is 11.5 Å². The van der Waals surface area contributed by atoms with Gasteiger partial charge in [-0.25, -0.2) is 0 Å². The second-order valence-corrected chi connectivity index (χ2v) is 4.36. The molecule has 1 atom stereocenters. The zero-order valence-corrected chi connectivity index (χ0v) is 10.4. The highest BCUT2D eigenvalue weighted by molar-refractivity contribution is 5.99. The van der Waals surface area contributed by atoms with Gasteiger partial charge in [-0.3, -0.25) is 4.79 Å². The molecule has 100 valence electrons. The fourth-order valence-electron chi connectivity index (χ4n) is 1.59. The maximum Gasteiger partial charge on any atom is 0.258 e. The van der Waals surface area contributed by atoms with Crippen LogP contribution in [-0.4, -0.2) is 34.4 Å². The lowest BCUT2D eigenvalue weighted by Crippen LogP contribution is -2.25. The first-order chi connectivity index (χ1) is 8.56. The monoisotopic (exact) mass is 253 g/mol. The Morgan fingerprint density at radius 3 is 2.50 bits per heavy atom. The van der Waals surface area contributed by atoms with Gasteiger partial charge in [0.2, 0.25) is 0 Å². The number of rotatable bonds is 6. The minimum atomic E-state index is -0.498. The second-order valence-electron chi connectivity index (χ2n) is 4.36. The second kappa shape index (κ2) is 6.86. The van der Waals surface area contributed by atoms with Gasteiger partial charge in [0, 0.05) is 13.2 Å². The Morgan fingerprint density at radius 1 is 1.33 bits per heavy atom. The standard InChI is InChI=1S/C13H19NO4/c1-9(8-15)4-3-7-14-13(18)12-10(16)5-2-6-11(12)17/h2,5-6,9,15-17H,3-4,7-8H2,1H3,(H,14,18). The van der Waals surface area contributed by atoms with Crippen molar-refractivity contribution in [1.29, 1.82) is 0 Å². The van der Waals surface area contributed by atoms with Crippen molar-refractivity contribution in [2.24, 2.45) is 5.92 Å². The summed E-state index contributed by atoms with van der Waals surface area (Å²) in [7, 11) is 0. The molecule has 1 rings (SSSR count). The number of aliphatic hydroxyl groups is 1. The van der Waals surface area contributed by atoms with Crippen molar-refractivity contribution in [2.75, 3.05) is 13.2 Å². The molecule has 0 aromatic heterocycles. The van der Waals surface area contributed by atoms with E-state index < -0.39 is 5.91 Å². The quantitative estimate of drug-likeness (QED) is 0.574. The first-order valence-electron chi connectivity index (χ1n) is 5.96. The average Bonchev–Trinajstić information content (AvgIpc) is 2.34. The van der Waals surface area contributed by atoms with Crippen LogP contribution >= 0.6 is 0 Å². The van der Waals surface area contributed by atoms with Gasteiger partial charge in [-0.1, -0.05) is 13.0 Å². The molecule has 0 saturated carbocycles. The lowest BCUT2D eigenvalue weighted by atomic mass is 10.1. The first-order valence-corrected chi connectivity index (χ1v) is 5.96. The molecule has 0 radical (unpaired) electrons. The number of nitrogens with one attached hydrogen (secondary N) is 1. The van der Waals surface area contributed by atoms with Crippen LogP contribution in [0.5, 0.6) is 11.5 Å². The number of amides is 1. The van der Waals surface area contributed by atoms with Crippen LogP contribution in [0, 0.1) is 5.92 Å². The summed E-state index contributed by atoms with van der Waals surface area (Å²) >= 11 is 0. The van der Waals surface area contributed by atoms with E-state index in [1.54, 1.807) is 0 Å². The first kappa shape index (κ1) is 14.3. The van der Waals surface area contributed by atoms with Crippen LogP contribution in [0.15, 0.2) is 18.2 Å². The van der Waals surface area contributed by atoms with Gasteiger partial charge in [-0.15, -0.1) is 0 Å². The number of carbonyl (C=O) groups excluding carboxylic acids is 1. The Hall–Kier alpha value is -1.75. The Kier molecular flexibility index (Phi) is 5.45. The van der Waals surface area contributed by atoms with Gasteiger partial charge in [0.1, 0.15) is 17.1 Å². The summed E-state index contributed by atoms with van der Waals surface area (Å²) in [6.45, 7) is 2.50. The smallest absolute Gasteiger partial charge is 0.258 e. The van der Waals surface area contributed by atoms with Gasteiger partial charge in [-0.2, -0.15) is 0 Å².